The lowest BCUT2D eigenvalue weighted by molar-refractivity contribution is 0.412. The predicted octanol–water partition coefficient (Wildman–Crippen LogP) is 1.97. The van der Waals surface area contributed by atoms with Crippen LogP contribution in [0.4, 0.5) is 11.6 Å². The third kappa shape index (κ3) is 3.05. The Morgan fingerprint density at radius 1 is 1.25 bits per heavy atom. The van der Waals surface area contributed by atoms with Crippen LogP contribution in [0.3, 0.4) is 0 Å². The van der Waals surface area contributed by atoms with E-state index in [1.165, 1.54) is 6.26 Å². The molecule has 0 bridgehead atoms. The molecule has 0 atom stereocenters. The molecule has 7 heteroatoms. The lowest BCUT2D eigenvalue weighted by Gasteiger charge is -2.20. The summed E-state index contributed by atoms with van der Waals surface area (Å²) in [7, 11) is 0. The molecule has 0 amide bonds. The van der Waals surface area contributed by atoms with E-state index in [1.54, 1.807) is 6.07 Å². The third-order valence-corrected chi connectivity index (χ3v) is 2.88. The number of rotatable bonds is 4. The van der Waals surface area contributed by atoms with E-state index in [-0.39, 0.29) is 5.41 Å². The molecule has 2 rings (SSSR count). The van der Waals surface area contributed by atoms with Gasteiger partial charge in [0.05, 0.1) is 6.54 Å². The maximum Gasteiger partial charge on any atom is 0.148 e. The number of hydrogen-bond donors (Lipinski definition) is 3. The highest BCUT2D eigenvalue weighted by molar-refractivity contribution is 5.57. The minimum absolute atomic E-state index is 0.163. The second-order valence-corrected chi connectivity index (χ2v) is 5.61. The number of nitrogen functional groups attached to an aromatic ring is 1. The van der Waals surface area contributed by atoms with Gasteiger partial charge in [0, 0.05) is 17.0 Å². The van der Waals surface area contributed by atoms with Gasteiger partial charge in [-0.3, -0.25) is 0 Å². The van der Waals surface area contributed by atoms with Crippen LogP contribution < -0.4 is 16.6 Å². The van der Waals surface area contributed by atoms with Crippen LogP contribution in [0.15, 0.2) is 16.9 Å². The van der Waals surface area contributed by atoms with Crippen LogP contribution in [0, 0.1) is 6.92 Å². The van der Waals surface area contributed by atoms with E-state index in [4.69, 9.17) is 10.4 Å². The van der Waals surface area contributed by atoms with Crippen LogP contribution in [-0.2, 0) is 12.0 Å². The first kappa shape index (κ1) is 14.3. The zero-order valence-electron chi connectivity index (χ0n) is 12.2. The normalized spacial score (nSPS) is 11.4. The van der Waals surface area contributed by atoms with Crippen molar-refractivity contribution in [3.05, 3.63) is 29.4 Å². The maximum absolute atomic E-state index is 5.53. The highest BCUT2D eigenvalue weighted by Gasteiger charge is 2.21. The van der Waals surface area contributed by atoms with Crippen molar-refractivity contribution in [1.82, 2.24) is 15.1 Å². The van der Waals surface area contributed by atoms with Gasteiger partial charge in [0.2, 0.25) is 0 Å². The molecule has 0 aliphatic heterocycles. The molecule has 0 radical (unpaired) electrons. The van der Waals surface area contributed by atoms with Crippen molar-refractivity contribution in [2.75, 3.05) is 10.7 Å². The fraction of sp³-hybridized carbons (Fsp3) is 0.462. The Bertz CT molecular complexity index is 573. The van der Waals surface area contributed by atoms with Gasteiger partial charge in [-0.2, -0.15) is 0 Å². The summed E-state index contributed by atoms with van der Waals surface area (Å²) in [6.45, 7) is 8.60. The Morgan fingerprint density at radius 2 is 1.95 bits per heavy atom. The first-order chi connectivity index (χ1) is 9.41. The van der Waals surface area contributed by atoms with Gasteiger partial charge in [-0.1, -0.05) is 25.9 Å². The average Bonchev–Trinajstić information content (AvgIpc) is 2.89. The van der Waals surface area contributed by atoms with E-state index < -0.39 is 0 Å². The summed E-state index contributed by atoms with van der Waals surface area (Å²) in [5.74, 6) is 7.60. The summed E-state index contributed by atoms with van der Waals surface area (Å²) < 4.78 is 4.80. The molecule has 2 heterocycles. The fourth-order valence-corrected chi connectivity index (χ4v) is 1.67. The largest absolute Gasteiger partial charge is 0.364 e. The van der Waals surface area contributed by atoms with Gasteiger partial charge in [0.25, 0.3) is 0 Å². The lowest BCUT2D eigenvalue weighted by Crippen LogP contribution is -2.21. The highest BCUT2D eigenvalue weighted by Crippen LogP contribution is 2.26. The van der Waals surface area contributed by atoms with E-state index >= 15 is 0 Å². The van der Waals surface area contributed by atoms with E-state index in [0.717, 1.165) is 22.9 Å². The Hall–Kier alpha value is -2.15. The Morgan fingerprint density at radius 3 is 2.50 bits per heavy atom. The maximum atomic E-state index is 5.53. The molecule has 0 spiro atoms. The van der Waals surface area contributed by atoms with Gasteiger partial charge < -0.3 is 15.3 Å². The third-order valence-electron chi connectivity index (χ3n) is 2.88. The van der Waals surface area contributed by atoms with Crippen molar-refractivity contribution in [2.24, 2.45) is 5.84 Å². The van der Waals surface area contributed by atoms with Crippen molar-refractivity contribution in [3.63, 3.8) is 0 Å². The van der Waals surface area contributed by atoms with Crippen molar-refractivity contribution in [1.29, 1.82) is 0 Å². The zero-order valence-corrected chi connectivity index (χ0v) is 12.2. The van der Waals surface area contributed by atoms with Gasteiger partial charge in [-0.15, -0.1) is 0 Å². The van der Waals surface area contributed by atoms with Gasteiger partial charge in [0.1, 0.15) is 29.4 Å². The number of nitrogens with one attached hydrogen (secondary N) is 2. The minimum Gasteiger partial charge on any atom is -0.364 e. The van der Waals surface area contributed by atoms with E-state index in [0.29, 0.717) is 12.4 Å². The smallest absolute Gasteiger partial charge is 0.148 e. The Kier molecular flexibility index (Phi) is 3.89. The standard InChI is InChI=1S/C13H20N6O/c1-8-10(15-7-9-5-6-20-19-9)16-12(13(2,3)4)17-11(8)18-14/h5-6H,7,14H2,1-4H3,(H2,15,16,17,18). The van der Waals surface area contributed by atoms with Gasteiger partial charge in [-0.05, 0) is 6.92 Å². The number of anilines is 2. The summed E-state index contributed by atoms with van der Waals surface area (Å²) in [4.78, 5) is 9.02. The van der Waals surface area contributed by atoms with E-state index in [9.17, 15) is 0 Å². The van der Waals surface area contributed by atoms with Crippen molar-refractivity contribution < 1.29 is 4.52 Å². The number of nitrogens with two attached hydrogens (primary N) is 1. The molecule has 0 aliphatic rings. The molecule has 108 valence electrons. The number of hydrazine groups is 1. The van der Waals surface area contributed by atoms with E-state index in [2.05, 4.69) is 46.6 Å². The molecule has 0 saturated heterocycles. The first-order valence-electron chi connectivity index (χ1n) is 6.40. The molecule has 7 nitrogen and oxygen atoms in total. The van der Waals surface area contributed by atoms with Crippen LogP contribution in [0.1, 0.15) is 37.9 Å². The summed E-state index contributed by atoms with van der Waals surface area (Å²) in [6, 6.07) is 1.80. The minimum atomic E-state index is -0.163. The highest BCUT2D eigenvalue weighted by atomic mass is 16.5. The van der Waals surface area contributed by atoms with Crippen LogP contribution >= 0.6 is 0 Å². The van der Waals surface area contributed by atoms with Crippen LogP contribution in [0.5, 0.6) is 0 Å². The quantitative estimate of drug-likeness (QED) is 0.579. The lowest BCUT2D eigenvalue weighted by atomic mass is 9.95. The van der Waals surface area contributed by atoms with E-state index in [1.807, 2.05) is 6.92 Å². The molecule has 0 fully saturated rings. The number of aromatic nitrogens is 3. The van der Waals surface area contributed by atoms with Gasteiger partial charge in [0.15, 0.2) is 0 Å². The van der Waals surface area contributed by atoms with Crippen molar-refractivity contribution in [3.8, 4) is 0 Å². The molecule has 0 unspecified atom stereocenters. The molecule has 2 aromatic heterocycles. The monoisotopic (exact) mass is 276 g/mol. The Balaban J connectivity index is 2.30. The number of nitrogens with zero attached hydrogens (tertiary/aromatic N) is 3. The fourth-order valence-electron chi connectivity index (χ4n) is 1.67. The van der Waals surface area contributed by atoms with Gasteiger partial charge >= 0.3 is 0 Å². The first-order valence-corrected chi connectivity index (χ1v) is 6.40. The number of hydrogen-bond acceptors (Lipinski definition) is 7. The summed E-state index contributed by atoms with van der Waals surface area (Å²) in [5.41, 5.74) is 4.13. The summed E-state index contributed by atoms with van der Waals surface area (Å²) >= 11 is 0. The SMILES string of the molecule is Cc1c(NN)nc(C(C)(C)C)nc1NCc1ccon1. The second kappa shape index (κ2) is 5.46. The van der Waals surface area contributed by atoms with Crippen molar-refractivity contribution >= 4 is 11.6 Å². The molecule has 0 aromatic carbocycles. The van der Waals surface area contributed by atoms with Crippen LogP contribution in [0.25, 0.3) is 0 Å². The zero-order chi connectivity index (χ0) is 14.8. The average molecular weight is 276 g/mol. The molecule has 2 aromatic rings. The predicted molar refractivity (Wildman–Crippen MR) is 77.1 cm³/mol. The summed E-state index contributed by atoms with van der Waals surface area (Å²) in [6.07, 6.45) is 1.54. The molecule has 0 aliphatic carbocycles. The summed E-state index contributed by atoms with van der Waals surface area (Å²) in [5, 5.41) is 7.09. The van der Waals surface area contributed by atoms with Crippen LogP contribution in [-0.4, -0.2) is 15.1 Å². The van der Waals surface area contributed by atoms with Gasteiger partial charge in [-0.25, -0.2) is 15.8 Å². The molecule has 20 heavy (non-hydrogen) atoms. The molecule has 4 N–H and O–H groups in total. The molecular weight excluding hydrogens is 256 g/mol. The molecular formula is C13H20N6O. The topological polar surface area (TPSA) is 102 Å². The van der Waals surface area contributed by atoms with Crippen molar-refractivity contribution in [2.45, 2.75) is 39.7 Å². The second-order valence-electron chi connectivity index (χ2n) is 5.61. The Labute approximate surface area is 117 Å². The molecule has 0 saturated carbocycles. The van der Waals surface area contributed by atoms with Crippen LogP contribution in [0.2, 0.25) is 0 Å².